The van der Waals surface area contributed by atoms with Gasteiger partial charge in [0.05, 0.1) is 30.1 Å². The van der Waals surface area contributed by atoms with E-state index in [9.17, 15) is 19.1 Å². The molecule has 2 unspecified atom stereocenters. The molecule has 202 valence electrons. The van der Waals surface area contributed by atoms with Gasteiger partial charge in [0.2, 0.25) is 0 Å². The van der Waals surface area contributed by atoms with Crippen molar-refractivity contribution in [2.45, 2.75) is 37.2 Å². The summed E-state index contributed by atoms with van der Waals surface area (Å²) in [6.45, 7) is 1.30. The van der Waals surface area contributed by atoms with E-state index >= 15 is 0 Å². The summed E-state index contributed by atoms with van der Waals surface area (Å²) in [5.74, 6) is 0. The minimum atomic E-state index is -1.17. The van der Waals surface area contributed by atoms with E-state index in [4.69, 9.17) is 0 Å². The fraction of sp³-hybridized carbons (Fsp3) is 0.357. The Morgan fingerprint density at radius 2 is 1.79 bits per heavy atom. The molecule has 0 spiro atoms. The molecule has 2 aliphatic rings. The Bertz CT molecular complexity index is 1530. The second kappa shape index (κ2) is 10.2. The van der Waals surface area contributed by atoms with Gasteiger partial charge in [0.25, 0.3) is 5.56 Å². The van der Waals surface area contributed by atoms with Crippen LogP contribution >= 0.6 is 0 Å². The number of aliphatic hydroxyl groups is 1. The van der Waals surface area contributed by atoms with Crippen molar-refractivity contribution in [3.05, 3.63) is 77.5 Å². The molecule has 2 aromatic carbocycles. The van der Waals surface area contributed by atoms with Crippen LogP contribution in [0.5, 0.6) is 0 Å². The van der Waals surface area contributed by atoms with Crippen molar-refractivity contribution in [1.82, 2.24) is 34.9 Å². The van der Waals surface area contributed by atoms with Crippen molar-refractivity contribution < 1.29 is 14.3 Å². The van der Waals surface area contributed by atoms with E-state index in [2.05, 4.69) is 20.7 Å². The predicted octanol–water partition coefficient (Wildman–Crippen LogP) is 2.10. The number of urea groups is 1. The van der Waals surface area contributed by atoms with Crippen LogP contribution in [0.15, 0.2) is 71.9 Å². The summed E-state index contributed by atoms with van der Waals surface area (Å²) in [5, 5.41) is 21.6. The van der Waals surface area contributed by atoms with Gasteiger partial charge in [-0.15, -0.1) is 0 Å². The number of hydrogen-bond acceptors (Lipinski definition) is 6. The van der Waals surface area contributed by atoms with Gasteiger partial charge < -0.3 is 20.6 Å². The van der Waals surface area contributed by atoms with E-state index in [1.807, 2.05) is 54.6 Å². The topological polar surface area (TPSA) is 117 Å². The van der Waals surface area contributed by atoms with Crippen molar-refractivity contribution in [3.63, 3.8) is 0 Å². The van der Waals surface area contributed by atoms with Gasteiger partial charge in [-0.05, 0) is 36.1 Å². The molecule has 4 aromatic rings. The summed E-state index contributed by atoms with van der Waals surface area (Å²) in [6.07, 6.45) is 2.41. The van der Waals surface area contributed by atoms with Crippen molar-refractivity contribution in [3.8, 4) is 16.8 Å². The van der Waals surface area contributed by atoms with Gasteiger partial charge in [-0.1, -0.05) is 42.5 Å². The summed E-state index contributed by atoms with van der Waals surface area (Å²) in [7, 11) is 0. The zero-order valence-electron chi connectivity index (χ0n) is 21.3. The smallest absolute Gasteiger partial charge is 0.317 e. The number of carbonyl (C=O) groups is 1. The Kier molecular flexibility index (Phi) is 6.61. The first-order valence-corrected chi connectivity index (χ1v) is 13.1. The number of hydrogen-bond donors (Lipinski definition) is 3. The fourth-order valence-electron chi connectivity index (χ4n) is 5.32. The number of halogens is 1. The highest BCUT2D eigenvalue weighted by molar-refractivity contribution is 5.76. The van der Waals surface area contributed by atoms with Gasteiger partial charge >= 0.3 is 6.03 Å². The van der Waals surface area contributed by atoms with Gasteiger partial charge in [0.15, 0.2) is 5.65 Å². The summed E-state index contributed by atoms with van der Waals surface area (Å²) in [5.41, 5.74) is 1.95. The monoisotopic (exact) mass is 531 g/mol. The molecule has 4 heterocycles. The van der Waals surface area contributed by atoms with Crippen LogP contribution in [0.1, 0.15) is 12.8 Å². The number of benzene rings is 2. The van der Waals surface area contributed by atoms with Crippen LogP contribution in [0.25, 0.3) is 27.8 Å². The molecule has 10 nitrogen and oxygen atoms in total. The Labute approximate surface area is 224 Å². The quantitative estimate of drug-likeness (QED) is 0.363. The minimum absolute atomic E-state index is 0.0558. The predicted molar refractivity (Wildman–Crippen MR) is 144 cm³/mol. The molecule has 0 bridgehead atoms. The maximum Gasteiger partial charge on any atom is 0.317 e. The minimum Gasteiger partial charge on any atom is -0.388 e. The zero-order valence-corrected chi connectivity index (χ0v) is 21.3. The van der Waals surface area contributed by atoms with Crippen LogP contribution < -0.4 is 16.2 Å². The van der Waals surface area contributed by atoms with Crippen molar-refractivity contribution in [2.75, 3.05) is 26.2 Å². The number of fused-ring (bicyclic) bond motifs is 1. The lowest BCUT2D eigenvalue weighted by Gasteiger charge is -2.38. The maximum absolute atomic E-state index is 13.8. The van der Waals surface area contributed by atoms with Crippen LogP contribution in [0.3, 0.4) is 0 Å². The molecule has 2 atom stereocenters. The van der Waals surface area contributed by atoms with E-state index in [1.165, 1.54) is 17.1 Å². The van der Waals surface area contributed by atoms with E-state index in [0.717, 1.165) is 16.8 Å². The Balaban J connectivity index is 1.14. The summed E-state index contributed by atoms with van der Waals surface area (Å²) < 4.78 is 16.9. The molecule has 2 amide bonds. The summed E-state index contributed by atoms with van der Waals surface area (Å²) in [4.78, 5) is 31.9. The van der Waals surface area contributed by atoms with Crippen LogP contribution in [0.2, 0.25) is 0 Å². The summed E-state index contributed by atoms with van der Waals surface area (Å²) in [6, 6.07) is 17.1. The fourth-order valence-corrected chi connectivity index (χ4v) is 5.32. The Morgan fingerprint density at radius 3 is 2.49 bits per heavy atom. The van der Waals surface area contributed by atoms with E-state index < -0.39 is 17.8 Å². The number of nitrogens with zero attached hydrogens (tertiary/aromatic N) is 5. The number of likely N-dealkylation sites (tertiary alicyclic amines) is 1. The second-order valence-electron chi connectivity index (χ2n) is 10.3. The first-order chi connectivity index (χ1) is 18.9. The molecular weight excluding hydrogens is 501 g/mol. The number of piperidine rings is 1. The molecule has 2 saturated heterocycles. The summed E-state index contributed by atoms with van der Waals surface area (Å²) >= 11 is 0. The van der Waals surface area contributed by atoms with Crippen LogP contribution in [0, 0.1) is 0 Å². The van der Waals surface area contributed by atoms with Crippen molar-refractivity contribution in [2.24, 2.45) is 0 Å². The SMILES string of the molecule is O=C(NC1CNCC1F)N1CCC(O)(Cn2cnc3c(cnn3-c3ccc(-c4ccccc4)cc3)c2=O)CC1. The first kappa shape index (κ1) is 25.2. The third-order valence-electron chi connectivity index (χ3n) is 7.67. The largest absolute Gasteiger partial charge is 0.388 e. The van der Waals surface area contributed by atoms with Crippen molar-refractivity contribution in [1.29, 1.82) is 0 Å². The standard InChI is InChI=1S/C28H30FN7O3/c29-23-15-30-16-24(23)33-27(38)34-12-10-28(39,11-13-34)17-35-18-31-25-22(26(35)37)14-32-36(25)21-8-6-20(7-9-21)19-4-2-1-3-5-19/h1-9,14,18,23-24,30,39H,10-13,15-17H2,(H,33,38). The number of alkyl halides is 1. The highest BCUT2D eigenvalue weighted by Crippen LogP contribution is 2.25. The van der Waals surface area contributed by atoms with Gasteiger partial charge in [-0.2, -0.15) is 5.10 Å². The highest BCUT2D eigenvalue weighted by atomic mass is 19.1. The average molecular weight is 532 g/mol. The molecule has 0 aliphatic carbocycles. The molecule has 11 heteroatoms. The molecule has 6 rings (SSSR count). The van der Waals surface area contributed by atoms with Gasteiger partial charge in [0, 0.05) is 26.2 Å². The Hall–Kier alpha value is -4.09. The zero-order chi connectivity index (χ0) is 27.0. The lowest BCUT2D eigenvalue weighted by molar-refractivity contribution is -0.0267. The average Bonchev–Trinajstić information content (AvgIpc) is 3.57. The Morgan fingerprint density at radius 1 is 1.08 bits per heavy atom. The molecule has 3 N–H and O–H groups in total. The number of aromatic nitrogens is 4. The van der Waals surface area contributed by atoms with Crippen LogP contribution in [-0.2, 0) is 6.54 Å². The molecule has 0 radical (unpaired) electrons. The van der Waals surface area contributed by atoms with Crippen molar-refractivity contribution >= 4 is 17.1 Å². The van der Waals surface area contributed by atoms with Gasteiger partial charge in [0.1, 0.15) is 17.9 Å². The highest BCUT2D eigenvalue weighted by Gasteiger charge is 2.36. The van der Waals surface area contributed by atoms with E-state index in [-0.39, 0.29) is 24.7 Å². The molecule has 2 fully saturated rings. The second-order valence-corrected chi connectivity index (χ2v) is 10.3. The number of rotatable bonds is 5. The van der Waals surface area contributed by atoms with Crippen LogP contribution in [-0.4, -0.2) is 79.4 Å². The number of carbonyl (C=O) groups excluding carboxylic acids is 1. The normalized spacial score (nSPS) is 20.8. The molecular formula is C28H30FN7O3. The molecule has 2 aliphatic heterocycles. The van der Waals surface area contributed by atoms with E-state index in [0.29, 0.717) is 43.5 Å². The molecule has 0 saturated carbocycles. The lowest BCUT2D eigenvalue weighted by atomic mass is 9.91. The lowest BCUT2D eigenvalue weighted by Crippen LogP contribution is -2.54. The molecule has 2 aromatic heterocycles. The molecule has 39 heavy (non-hydrogen) atoms. The first-order valence-electron chi connectivity index (χ1n) is 13.1. The van der Waals surface area contributed by atoms with Gasteiger partial charge in [-0.3, -0.25) is 9.36 Å². The third kappa shape index (κ3) is 5.02. The number of amides is 2. The van der Waals surface area contributed by atoms with E-state index in [1.54, 1.807) is 9.58 Å². The van der Waals surface area contributed by atoms with Gasteiger partial charge in [-0.25, -0.2) is 18.9 Å². The van der Waals surface area contributed by atoms with Crippen LogP contribution in [0.4, 0.5) is 9.18 Å². The third-order valence-corrected chi connectivity index (χ3v) is 7.67. The number of nitrogens with one attached hydrogen (secondary N) is 2. The maximum atomic E-state index is 13.8.